The average molecular weight is 537 g/mol. The molecule has 42 heavy (non-hydrogen) atoms. The van der Waals surface area contributed by atoms with E-state index < -0.39 is 0 Å². The van der Waals surface area contributed by atoms with E-state index in [1.807, 2.05) is 0 Å². The maximum Gasteiger partial charge on any atom is 0.0494 e. The fourth-order valence-electron chi connectivity index (χ4n) is 7.38. The standard InChI is InChI=1S/C40H28N2/c1-41-35-17-9-7-11-27(35)29-21-19-25(23-37(29)41)39-31-13-3-5-15-33(31)40(34-16-6-4-14-32(34)39)26-20-22-30-28-12-8-10-18-36(28)42(2)38(30)24-26/h3-24H,1-2H3. The Morgan fingerprint density at radius 2 is 0.619 bits per heavy atom. The van der Waals surface area contributed by atoms with Crippen LogP contribution in [0.5, 0.6) is 0 Å². The third-order valence-corrected chi connectivity index (χ3v) is 9.34. The van der Waals surface area contributed by atoms with Crippen molar-refractivity contribution in [3.63, 3.8) is 0 Å². The summed E-state index contributed by atoms with van der Waals surface area (Å²) in [5.41, 5.74) is 10.1. The zero-order valence-electron chi connectivity index (χ0n) is 23.6. The zero-order chi connectivity index (χ0) is 27.9. The topological polar surface area (TPSA) is 9.86 Å². The van der Waals surface area contributed by atoms with Gasteiger partial charge in [0, 0.05) is 57.7 Å². The van der Waals surface area contributed by atoms with Crippen LogP contribution in [0.4, 0.5) is 0 Å². The van der Waals surface area contributed by atoms with Crippen LogP contribution in [0.2, 0.25) is 0 Å². The summed E-state index contributed by atoms with van der Waals surface area (Å²) in [7, 11) is 4.35. The number of hydrogen-bond acceptors (Lipinski definition) is 0. The Hall–Kier alpha value is -5.34. The van der Waals surface area contributed by atoms with Crippen LogP contribution in [-0.4, -0.2) is 9.13 Å². The molecule has 2 heteroatoms. The molecule has 0 unspecified atom stereocenters. The van der Waals surface area contributed by atoms with E-state index in [1.165, 1.54) is 87.4 Å². The first-order valence-electron chi connectivity index (χ1n) is 14.6. The lowest BCUT2D eigenvalue weighted by Crippen LogP contribution is -1.92. The molecule has 7 aromatic carbocycles. The van der Waals surface area contributed by atoms with Crippen molar-refractivity contribution < 1.29 is 0 Å². The van der Waals surface area contributed by atoms with Gasteiger partial charge in [-0.05, 0) is 68.1 Å². The van der Waals surface area contributed by atoms with E-state index >= 15 is 0 Å². The molecule has 0 radical (unpaired) electrons. The Bertz CT molecular complexity index is 2310. The Kier molecular flexibility index (Phi) is 4.77. The number of hydrogen-bond donors (Lipinski definition) is 0. The number of aromatic nitrogens is 2. The van der Waals surface area contributed by atoms with Crippen molar-refractivity contribution >= 4 is 65.2 Å². The average Bonchev–Trinajstić information content (AvgIpc) is 3.50. The molecule has 198 valence electrons. The summed E-state index contributed by atoms with van der Waals surface area (Å²) in [6, 6.07) is 49.2. The van der Waals surface area contributed by atoms with E-state index in [-0.39, 0.29) is 0 Å². The summed E-state index contributed by atoms with van der Waals surface area (Å²) in [6.45, 7) is 0. The minimum atomic E-state index is 1.25. The molecule has 0 atom stereocenters. The van der Waals surface area contributed by atoms with E-state index in [0.29, 0.717) is 0 Å². The molecule has 9 rings (SSSR count). The molecule has 0 aliphatic heterocycles. The van der Waals surface area contributed by atoms with Crippen LogP contribution in [0.3, 0.4) is 0 Å². The molecule has 0 bridgehead atoms. The van der Waals surface area contributed by atoms with Crippen molar-refractivity contribution in [2.24, 2.45) is 14.1 Å². The highest BCUT2D eigenvalue weighted by Gasteiger charge is 2.19. The van der Waals surface area contributed by atoms with Gasteiger partial charge >= 0.3 is 0 Å². The van der Waals surface area contributed by atoms with Gasteiger partial charge < -0.3 is 9.13 Å². The van der Waals surface area contributed by atoms with E-state index in [1.54, 1.807) is 0 Å². The Labute approximate surface area is 243 Å². The van der Waals surface area contributed by atoms with Crippen molar-refractivity contribution in [1.29, 1.82) is 0 Å². The van der Waals surface area contributed by atoms with Crippen LogP contribution in [0.15, 0.2) is 133 Å². The molecule has 0 N–H and O–H groups in total. The molecule has 0 saturated heterocycles. The highest BCUT2D eigenvalue weighted by Crippen LogP contribution is 2.45. The van der Waals surface area contributed by atoms with Gasteiger partial charge in [-0.25, -0.2) is 0 Å². The van der Waals surface area contributed by atoms with Crippen LogP contribution in [-0.2, 0) is 14.1 Å². The van der Waals surface area contributed by atoms with Gasteiger partial charge in [0.1, 0.15) is 0 Å². The SMILES string of the molecule is Cn1c2ccccc2c2ccc(-c3c4ccccc4c(-c4ccc5c6ccccc6n(C)c5c4)c4ccccc34)cc21. The predicted molar refractivity (Wildman–Crippen MR) is 180 cm³/mol. The summed E-state index contributed by atoms with van der Waals surface area (Å²) >= 11 is 0. The molecule has 2 nitrogen and oxygen atoms in total. The fraction of sp³-hybridized carbons (Fsp3) is 0.0500. The molecule has 2 heterocycles. The lowest BCUT2D eigenvalue weighted by Gasteiger charge is -2.18. The monoisotopic (exact) mass is 536 g/mol. The van der Waals surface area contributed by atoms with E-state index in [2.05, 4.69) is 157 Å². The third-order valence-electron chi connectivity index (χ3n) is 9.34. The Morgan fingerprint density at radius 3 is 1.00 bits per heavy atom. The largest absolute Gasteiger partial charge is 0.344 e. The normalized spacial score (nSPS) is 12.0. The second-order valence-corrected chi connectivity index (χ2v) is 11.5. The summed E-state index contributed by atoms with van der Waals surface area (Å²) in [4.78, 5) is 0. The van der Waals surface area contributed by atoms with Crippen LogP contribution in [0.25, 0.3) is 87.4 Å². The fourth-order valence-corrected chi connectivity index (χ4v) is 7.38. The zero-order valence-corrected chi connectivity index (χ0v) is 23.6. The maximum atomic E-state index is 2.38. The van der Waals surface area contributed by atoms with Crippen molar-refractivity contribution in [2.45, 2.75) is 0 Å². The molecule has 2 aromatic heterocycles. The molecular formula is C40H28N2. The first-order chi connectivity index (χ1) is 20.7. The number of fused-ring (bicyclic) bond motifs is 8. The molecule has 0 saturated carbocycles. The van der Waals surface area contributed by atoms with Gasteiger partial charge in [0.05, 0.1) is 0 Å². The summed E-state index contributed by atoms with van der Waals surface area (Å²) in [5.74, 6) is 0. The van der Waals surface area contributed by atoms with Crippen molar-refractivity contribution in [1.82, 2.24) is 9.13 Å². The summed E-state index contributed by atoms with van der Waals surface area (Å²) in [6.07, 6.45) is 0. The van der Waals surface area contributed by atoms with Gasteiger partial charge in [0.2, 0.25) is 0 Å². The predicted octanol–water partition coefficient (Wildman–Crippen LogP) is 10.6. The third kappa shape index (κ3) is 3.09. The Balaban J connectivity index is 1.37. The second-order valence-electron chi connectivity index (χ2n) is 11.5. The quantitative estimate of drug-likeness (QED) is 0.195. The number of rotatable bonds is 2. The number of nitrogens with zero attached hydrogens (tertiary/aromatic N) is 2. The molecule has 0 spiro atoms. The van der Waals surface area contributed by atoms with Crippen molar-refractivity contribution in [2.75, 3.05) is 0 Å². The van der Waals surface area contributed by atoms with Gasteiger partial charge in [-0.15, -0.1) is 0 Å². The van der Waals surface area contributed by atoms with E-state index in [0.717, 1.165) is 0 Å². The molecule has 0 amide bonds. The summed E-state index contributed by atoms with van der Waals surface area (Å²) in [5, 5.41) is 10.3. The summed E-state index contributed by atoms with van der Waals surface area (Å²) < 4.78 is 4.65. The van der Waals surface area contributed by atoms with Gasteiger partial charge in [0.25, 0.3) is 0 Å². The highest BCUT2D eigenvalue weighted by atomic mass is 14.9. The minimum Gasteiger partial charge on any atom is -0.344 e. The number of benzene rings is 7. The Morgan fingerprint density at radius 1 is 0.310 bits per heavy atom. The highest BCUT2D eigenvalue weighted by molar-refractivity contribution is 6.23. The van der Waals surface area contributed by atoms with Gasteiger partial charge in [-0.1, -0.05) is 109 Å². The van der Waals surface area contributed by atoms with Crippen LogP contribution >= 0.6 is 0 Å². The molecule has 9 aromatic rings. The van der Waals surface area contributed by atoms with E-state index in [9.17, 15) is 0 Å². The smallest absolute Gasteiger partial charge is 0.0494 e. The van der Waals surface area contributed by atoms with Crippen LogP contribution < -0.4 is 0 Å². The lowest BCUT2D eigenvalue weighted by atomic mass is 9.85. The van der Waals surface area contributed by atoms with Crippen LogP contribution in [0, 0.1) is 0 Å². The number of para-hydroxylation sites is 2. The van der Waals surface area contributed by atoms with Crippen LogP contribution in [0.1, 0.15) is 0 Å². The minimum absolute atomic E-state index is 1.25. The van der Waals surface area contributed by atoms with Gasteiger partial charge in [0.15, 0.2) is 0 Å². The molecule has 0 aliphatic carbocycles. The first kappa shape index (κ1) is 23.4. The van der Waals surface area contributed by atoms with Crippen molar-refractivity contribution in [3.8, 4) is 22.3 Å². The maximum absolute atomic E-state index is 2.38. The second kappa shape index (κ2) is 8.58. The first-order valence-corrected chi connectivity index (χ1v) is 14.6. The molecular weight excluding hydrogens is 508 g/mol. The van der Waals surface area contributed by atoms with Gasteiger partial charge in [-0.3, -0.25) is 0 Å². The number of aryl methyl sites for hydroxylation is 2. The van der Waals surface area contributed by atoms with E-state index in [4.69, 9.17) is 0 Å². The van der Waals surface area contributed by atoms with Gasteiger partial charge in [-0.2, -0.15) is 0 Å². The lowest BCUT2D eigenvalue weighted by molar-refractivity contribution is 1.01. The molecule has 0 aliphatic rings. The molecule has 0 fully saturated rings. The van der Waals surface area contributed by atoms with Crippen molar-refractivity contribution in [3.05, 3.63) is 133 Å².